The Morgan fingerprint density at radius 1 is 1.67 bits per heavy atom. The maximum absolute atomic E-state index is 9.71. The van der Waals surface area contributed by atoms with E-state index in [1.54, 1.807) is 7.11 Å². The van der Waals surface area contributed by atoms with Crippen molar-refractivity contribution in [3.05, 3.63) is 0 Å². The van der Waals surface area contributed by atoms with Crippen molar-refractivity contribution in [3.8, 4) is 0 Å². The zero-order chi connectivity index (χ0) is 8.81. The van der Waals surface area contributed by atoms with E-state index in [4.69, 9.17) is 4.74 Å². The maximum Gasteiger partial charge on any atom is 0.0577 e. The Hall–Kier alpha value is 0.270. The molecule has 0 aromatic heterocycles. The molecule has 0 spiro atoms. The minimum absolute atomic E-state index is 0.0878. The highest BCUT2D eigenvalue weighted by molar-refractivity contribution is 7.99. The lowest BCUT2D eigenvalue weighted by molar-refractivity contribution is 0.0951. The largest absolute Gasteiger partial charge is 0.393 e. The van der Waals surface area contributed by atoms with Crippen molar-refractivity contribution in [1.82, 2.24) is 0 Å². The molecule has 1 fully saturated rings. The molecule has 2 atom stereocenters. The first-order chi connectivity index (χ1) is 5.84. The standard InChI is InChI=1S/C9H18O2S/c1-11-5-2-3-9(10)8-4-6-12-7-8/h8-10H,2-7H2,1H3. The lowest BCUT2D eigenvalue weighted by Gasteiger charge is -2.16. The summed E-state index contributed by atoms with van der Waals surface area (Å²) < 4.78 is 4.94. The van der Waals surface area contributed by atoms with Gasteiger partial charge in [0.25, 0.3) is 0 Å². The molecule has 12 heavy (non-hydrogen) atoms. The third kappa shape index (κ3) is 3.33. The zero-order valence-corrected chi connectivity index (χ0v) is 8.48. The molecular weight excluding hydrogens is 172 g/mol. The van der Waals surface area contributed by atoms with E-state index < -0.39 is 0 Å². The van der Waals surface area contributed by atoms with E-state index in [-0.39, 0.29) is 6.10 Å². The number of hydrogen-bond donors (Lipinski definition) is 1. The smallest absolute Gasteiger partial charge is 0.0577 e. The molecule has 1 saturated heterocycles. The first kappa shape index (κ1) is 10.4. The van der Waals surface area contributed by atoms with Crippen LogP contribution in [0, 0.1) is 5.92 Å². The van der Waals surface area contributed by atoms with Crippen molar-refractivity contribution in [3.63, 3.8) is 0 Å². The second kappa shape index (κ2) is 5.84. The van der Waals surface area contributed by atoms with E-state index in [0.717, 1.165) is 25.2 Å². The van der Waals surface area contributed by atoms with Crippen molar-refractivity contribution >= 4 is 11.8 Å². The van der Waals surface area contributed by atoms with Crippen molar-refractivity contribution in [2.75, 3.05) is 25.2 Å². The number of rotatable bonds is 5. The molecule has 0 aromatic rings. The predicted octanol–water partition coefficient (Wildman–Crippen LogP) is 1.53. The Labute approximate surface area is 78.7 Å². The third-order valence-electron chi connectivity index (χ3n) is 2.36. The highest BCUT2D eigenvalue weighted by atomic mass is 32.2. The normalized spacial score (nSPS) is 26.0. The molecule has 1 N–H and O–H groups in total. The van der Waals surface area contributed by atoms with Gasteiger partial charge in [-0.25, -0.2) is 0 Å². The fourth-order valence-corrected chi connectivity index (χ4v) is 2.86. The highest BCUT2D eigenvalue weighted by Crippen LogP contribution is 2.27. The van der Waals surface area contributed by atoms with Gasteiger partial charge in [-0.1, -0.05) is 0 Å². The fraction of sp³-hybridized carbons (Fsp3) is 1.00. The van der Waals surface area contributed by atoms with Crippen LogP contribution in [0.25, 0.3) is 0 Å². The Bertz CT molecular complexity index is 113. The van der Waals surface area contributed by atoms with Gasteiger partial charge in [0.2, 0.25) is 0 Å². The molecule has 72 valence electrons. The lowest BCUT2D eigenvalue weighted by Crippen LogP contribution is -2.20. The van der Waals surface area contributed by atoms with Crippen LogP contribution >= 0.6 is 11.8 Å². The predicted molar refractivity (Wildman–Crippen MR) is 52.5 cm³/mol. The van der Waals surface area contributed by atoms with Crippen LogP contribution in [-0.2, 0) is 4.74 Å². The van der Waals surface area contributed by atoms with Crippen LogP contribution in [0.4, 0.5) is 0 Å². The first-order valence-corrected chi connectivity index (χ1v) is 5.75. The number of methoxy groups -OCH3 is 1. The Morgan fingerprint density at radius 3 is 3.08 bits per heavy atom. The molecular formula is C9H18O2S. The molecule has 0 bridgehead atoms. The number of aliphatic hydroxyl groups excluding tert-OH is 1. The SMILES string of the molecule is COCCCC(O)C1CCSC1. The van der Waals surface area contributed by atoms with E-state index in [9.17, 15) is 5.11 Å². The van der Waals surface area contributed by atoms with Gasteiger partial charge in [-0.2, -0.15) is 11.8 Å². The second-order valence-corrected chi connectivity index (χ2v) is 4.48. The summed E-state index contributed by atoms with van der Waals surface area (Å²) in [5.74, 6) is 2.92. The van der Waals surface area contributed by atoms with Crippen LogP contribution in [0.15, 0.2) is 0 Å². The summed E-state index contributed by atoms with van der Waals surface area (Å²) in [6.45, 7) is 0.775. The molecule has 0 aliphatic carbocycles. The first-order valence-electron chi connectivity index (χ1n) is 4.59. The summed E-state index contributed by atoms with van der Waals surface area (Å²) in [4.78, 5) is 0. The summed E-state index contributed by atoms with van der Waals surface area (Å²) in [7, 11) is 1.71. The van der Waals surface area contributed by atoms with E-state index >= 15 is 0 Å². The molecule has 0 saturated carbocycles. The summed E-state index contributed by atoms with van der Waals surface area (Å²) in [5, 5.41) is 9.71. The quantitative estimate of drug-likeness (QED) is 0.667. The molecule has 3 heteroatoms. The van der Waals surface area contributed by atoms with Gasteiger partial charge in [0.1, 0.15) is 0 Å². The Morgan fingerprint density at radius 2 is 2.50 bits per heavy atom. The van der Waals surface area contributed by atoms with Crippen LogP contribution in [0.5, 0.6) is 0 Å². The lowest BCUT2D eigenvalue weighted by atomic mass is 9.98. The molecule has 0 radical (unpaired) electrons. The van der Waals surface area contributed by atoms with Gasteiger partial charge in [0.15, 0.2) is 0 Å². The number of aliphatic hydroxyl groups is 1. The van der Waals surface area contributed by atoms with Gasteiger partial charge in [0.05, 0.1) is 6.10 Å². The summed E-state index contributed by atoms with van der Waals surface area (Å²) in [6, 6.07) is 0. The van der Waals surface area contributed by atoms with Gasteiger partial charge >= 0.3 is 0 Å². The van der Waals surface area contributed by atoms with E-state index in [2.05, 4.69) is 0 Å². The number of thioether (sulfide) groups is 1. The van der Waals surface area contributed by atoms with Gasteiger partial charge in [-0.15, -0.1) is 0 Å². The molecule has 1 rings (SSSR count). The van der Waals surface area contributed by atoms with Crippen molar-refractivity contribution in [2.24, 2.45) is 5.92 Å². The van der Waals surface area contributed by atoms with E-state index in [1.165, 1.54) is 12.2 Å². The van der Waals surface area contributed by atoms with E-state index in [1.807, 2.05) is 11.8 Å². The molecule has 1 heterocycles. The second-order valence-electron chi connectivity index (χ2n) is 3.33. The minimum atomic E-state index is -0.0878. The van der Waals surface area contributed by atoms with Crippen LogP contribution < -0.4 is 0 Å². The van der Waals surface area contributed by atoms with Gasteiger partial charge in [-0.3, -0.25) is 0 Å². The summed E-state index contributed by atoms with van der Waals surface area (Å²) in [6.07, 6.45) is 2.99. The van der Waals surface area contributed by atoms with Crippen molar-refractivity contribution < 1.29 is 9.84 Å². The van der Waals surface area contributed by atoms with Crippen LogP contribution in [0.1, 0.15) is 19.3 Å². The zero-order valence-electron chi connectivity index (χ0n) is 7.66. The molecule has 0 aromatic carbocycles. The van der Waals surface area contributed by atoms with Crippen LogP contribution in [0.3, 0.4) is 0 Å². The van der Waals surface area contributed by atoms with E-state index in [0.29, 0.717) is 5.92 Å². The molecule has 1 aliphatic heterocycles. The maximum atomic E-state index is 9.71. The van der Waals surface area contributed by atoms with Gasteiger partial charge < -0.3 is 9.84 Å². The topological polar surface area (TPSA) is 29.5 Å². The highest BCUT2D eigenvalue weighted by Gasteiger charge is 2.22. The van der Waals surface area contributed by atoms with Crippen molar-refractivity contribution in [2.45, 2.75) is 25.4 Å². The third-order valence-corrected chi connectivity index (χ3v) is 3.55. The average molecular weight is 190 g/mol. The number of hydrogen-bond acceptors (Lipinski definition) is 3. The molecule has 0 amide bonds. The van der Waals surface area contributed by atoms with Gasteiger partial charge in [0, 0.05) is 13.7 Å². The molecule has 2 unspecified atom stereocenters. The fourth-order valence-electron chi connectivity index (χ4n) is 1.53. The van der Waals surface area contributed by atoms with Gasteiger partial charge in [-0.05, 0) is 36.7 Å². The molecule has 1 aliphatic rings. The summed E-state index contributed by atoms with van der Waals surface area (Å²) >= 11 is 1.96. The molecule has 2 nitrogen and oxygen atoms in total. The average Bonchev–Trinajstić information content (AvgIpc) is 2.56. The minimum Gasteiger partial charge on any atom is -0.393 e. The monoisotopic (exact) mass is 190 g/mol. The van der Waals surface area contributed by atoms with Crippen LogP contribution in [-0.4, -0.2) is 36.4 Å². The number of ether oxygens (including phenoxy) is 1. The summed E-state index contributed by atoms with van der Waals surface area (Å²) in [5.41, 5.74) is 0. The Balaban J connectivity index is 2.05. The Kier molecular flexibility index (Phi) is 5.04. The van der Waals surface area contributed by atoms with Crippen molar-refractivity contribution in [1.29, 1.82) is 0 Å². The van der Waals surface area contributed by atoms with Crippen LogP contribution in [0.2, 0.25) is 0 Å².